The van der Waals surface area contributed by atoms with Crippen molar-refractivity contribution in [2.45, 2.75) is 32.6 Å². The minimum atomic E-state index is -4.35. The predicted octanol–water partition coefficient (Wildman–Crippen LogP) is 2.30. The number of halogens is 3. The molecule has 0 unspecified atom stereocenters. The van der Waals surface area contributed by atoms with Crippen molar-refractivity contribution in [1.29, 1.82) is 0 Å². The van der Waals surface area contributed by atoms with Crippen LogP contribution in [0.2, 0.25) is 0 Å². The van der Waals surface area contributed by atoms with E-state index in [0.29, 0.717) is 12.2 Å². The lowest BCUT2D eigenvalue weighted by atomic mass is 10.3. The van der Waals surface area contributed by atoms with E-state index in [4.69, 9.17) is 0 Å². The topological polar surface area (TPSA) is 64.7 Å². The smallest absolute Gasteiger partial charge is 0.318 e. The van der Waals surface area contributed by atoms with Crippen LogP contribution in [0.4, 0.5) is 18.9 Å². The van der Waals surface area contributed by atoms with Crippen LogP contribution in [-0.4, -0.2) is 31.6 Å². The first-order valence-electron chi connectivity index (χ1n) is 6.31. The van der Waals surface area contributed by atoms with E-state index < -0.39 is 18.6 Å². The van der Waals surface area contributed by atoms with Gasteiger partial charge in [0.1, 0.15) is 12.2 Å². The lowest BCUT2D eigenvalue weighted by Crippen LogP contribution is -2.18. The van der Waals surface area contributed by atoms with Crippen molar-refractivity contribution in [3.8, 4) is 0 Å². The molecule has 21 heavy (non-hydrogen) atoms. The van der Waals surface area contributed by atoms with Gasteiger partial charge in [0.2, 0.25) is 0 Å². The zero-order chi connectivity index (χ0) is 15.5. The monoisotopic (exact) mass is 301 g/mol. The third kappa shape index (κ3) is 4.07. The molecule has 0 fully saturated rings. The molecule has 0 spiro atoms. The molecule has 0 aliphatic rings. The molecular formula is C12H14F3N5O. The molecule has 2 aromatic heterocycles. The Hall–Kier alpha value is -2.32. The van der Waals surface area contributed by atoms with Crippen LogP contribution in [0.1, 0.15) is 23.8 Å². The Morgan fingerprint density at radius 3 is 2.81 bits per heavy atom. The number of carbonyl (C=O) groups is 1. The van der Waals surface area contributed by atoms with Gasteiger partial charge in [0.25, 0.3) is 5.91 Å². The Labute approximate surface area is 118 Å². The summed E-state index contributed by atoms with van der Waals surface area (Å²) in [5.41, 5.74) is 0.550. The van der Waals surface area contributed by atoms with Crippen LogP contribution in [0.25, 0.3) is 0 Å². The van der Waals surface area contributed by atoms with E-state index in [1.807, 2.05) is 6.92 Å². The number of anilines is 1. The average molecular weight is 301 g/mol. The standard InChI is InChI=1S/C12H14F3N5O/c1-2-5-20-10(3-4-16-20)11(21)18-9-6-17-19(7-9)8-12(13,14)15/h3-4,6-7H,2,5,8H2,1H3,(H,18,21). The Morgan fingerprint density at radius 2 is 2.14 bits per heavy atom. The van der Waals surface area contributed by atoms with E-state index in [1.165, 1.54) is 17.1 Å². The SMILES string of the molecule is CCCn1nccc1C(=O)Nc1cnn(CC(F)(F)F)c1. The Kier molecular flexibility index (Phi) is 4.29. The highest BCUT2D eigenvalue weighted by atomic mass is 19.4. The van der Waals surface area contributed by atoms with Crippen molar-refractivity contribution in [3.05, 3.63) is 30.4 Å². The summed E-state index contributed by atoms with van der Waals surface area (Å²) in [6.45, 7) is 1.34. The minimum absolute atomic E-state index is 0.202. The summed E-state index contributed by atoms with van der Waals surface area (Å²) in [5.74, 6) is -0.437. The van der Waals surface area contributed by atoms with Gasteiger partial charge in [0, 0.05) is 18.9 Å². The third-order valence-electron chi connectivity index (χ3n) is 2.62. The molecular weight excluding hydrogens is 287 g/mol. The fourth-order valence-corrected chi connectivity index (χ4v) is 1.81. The molecule has 0 aromatic carbocycles. The maximum absolute atomic E-state index is 12.2. The third-order valence-corrected chi connectivity index (χ3v) is 2.62. The maximum Gasteiger partial charge on any atom is 0.408 e. The van der Waals surface area contributed by atoms with Gasteiger partial charge >= 0.3 is 6.18 Å². The number of nitrogens with zero attached hydrogens (tertiary/aromatic N) is 4. The van der Waals surface area contributed by atoms with Gasteiger partial charge in [0.05, 0.1) is 11.9 Å². The number of amides is 1. The number of rotatable bonds is 5. The van der Waals surface area contributed by atoms with Crippen LogP contribution in [0.5, 0.6) is 0 Å². The molecule has 1 amide bonds. The molecule has 0 saturated carbocycles. The number of hydrogen-bond acceptors (Lipinski definition) is 3. The minimum Gasteiger partial charge on any atom is -0.318 e. The van der Waals surface area contributed by atoms with Gasteiger partial charge in [-0.25, -0.2) is 0 Å². The van der Waals surface area contributed by atoms with Gasteiger partial charge in [-0.3, -0.25) is 14.2 Å². The summed E-state index contributed by atoms with van der Waals surface area (Å²) in [6, 6.07) is 1.55. The number of carbonyl (C=O) groups excluding carboxylic acids is 1. The molecule has 0 saturated heterocycles. The van der Waals surface area contributed by atoms with Gasteiger partial charge in [-0.05, 0) is 12.5 Å². The normalized spacial score (nSPS) is 11.6. The van der Waals surface area contributed by atoms with Gasteiger partial charge < -0.3 is 5.32 Å². The van der Waals surface area contributed by atoms with Crippen molar-refractivity contribution in [3.63, 3.8) is 0 Å². The Balaban J connectivity index is 2.04. The zero-order valence-electron chi connectivity index (χ0n) is 11.3. The molecule has 6 nitrogen and oxygen atoms in total. The van der Waals surface area contributed by atoms with Crippen molar-refractivity contribution < 1.29 is 18.0 Å². The Bertz CT molecular complexity index is 616. The highest BCUT2D eigenvalue weighted by molar-refractivity contribution is 6.02. The molecule has 0 aliphatic heterocycles. The molecule has 0 atom stereocenters. The molecule has 2 heterocycles. The van der Waals surface area contributed by atoms with Crippen LogP contribution >= 0.6 is 0 Å². The van der Waals surface area contributed by atoms with Crippen molar-refractivity contribution in [1.82, 2.24) is 19.6 Å². The van der Waals surface area contributed by atoms with E-state index in [-0.39, 0.29) is 5.69 Å². The average Bonchev–Trinajstić information content (AvgIpc) is 2.97. The first-order valence-corrected chi connectivity index (χ1v) is 6.31. The Morgan fingerprint density at radius 1 is 1.38 bits per heavy atom. The summed E-state index contributed by atoms with van der Waals surface area (Å²) < 4.78 is 38.9. The van der Waals surface area contributed by atoms with Crippen molar-refractivity contribution in [2.24, 2.45) is 0 Å². The van der Waals surface area contributed by atoms with E-state index in [1.54, 1.807) is 6.07 Å². The number of aromatic nitrogens is 4. The van der Waals surface area contributed by atoms with Crippen molar-refractivity contribution in [2.75, 3.05) is 5.32 Å². The highest BCUT2D eigenvalue weighted by Gasteiger charge is 2.28. The first-order chi connectivity index (χ1) is 9.89. The molecule has 0 bridgehead atoms. The summed E-state index contributed by atoms with van der Waals surface area (Å²) >= 11 is 0. The summed E-state index contributed by atoms with van der Waals surface area (Å²) in [4.78, 5) is 12.0. The fraction of sp³-hybridized carbons (Fsp3) is 0.417. The van der Waals surface area contributed by atoms with E-state index >= 15 is 0 Å². The quantitative estimate of drug-likeness (QED) is 0.921. The van der Waals surface area contributed by atoms with Crippen molar-refractivity contribution >= 4 is 11.6 Å². The largest absolute Gasteiger partial charge is 0.408 e. The number of alkyl halides is 3. The predicted molar refractivity (Wildman–Crippen MR) is 68.8 cm³/mol. The molecule has 1 N–H and O–H groups in total. The maximum atomic E-state index is 12.2. The molecule has 0 aliphatic carbocycles. The summed E-state index contributed by atoms with van der Waals surface area (Å²) in [5, 5.41) is 10.1. The van der Waals surface area contributed by atoms with E-state index in [0.717, 1.165) is 17.3 Å². The summed E-state index contributed by atoms with van der Waals surface area (Å²) in [7, 11) is 0. The van der Waals surface area contributed by atoms with Gasteiger partial charge in [-0.2, -0.15) is 23.4 Å². The second kappa shape index (κ2) is 5.98. The lowest BCUT2D eigenvalue weighted by Gasteiger charge is -2.06. The van der Waals surface area contributed by atoms with Crippen LogP contribution in [0, 0.1) is 0 Å². The number of aryl methyl sites for hydroxylation is 1. The zero-order valence-corrected chi connectivity index (χ0v) is 11.3. The molecule has 9 heteroatoms. The second-order valence-corrected chi connectivity index (χ2v) is 4.44. The van der Waals surface area contributed by atoms with E-state index in [9.17, 15) is 18.0 Å². The first kappa shape index (κ1) is 15.1. The van der Waals surface area contributed by atoms with Gasteiger partial charge in [-0.15, -0.1) is 0 Å². The second-order valence-electron chi connectivity index (χ2n) is 4.44. The number of hydrogen-bond donors (Lipinski definition) is 1. The van der Waals surface area contributed by atoms with Crippen LogP contribution in [0.3, 0.4) is 0 Å². The van der Waals surface area contributed by atoms with Crippen LogP contribution in [0.15, 0.2) is 24.7 Å². The fourth-order valence-electron chi connectivity index (χ4n) is 1.81. The van der Waals surface area contributed by atoms with Crippen LogP contribution in [-0.2, 0) is 13.1 Å². The molecule has 114 valence electrons. The molecule has 0 radical (unpaired) electrons. The lowest BCUT2D eigenvalue weighted by molar-refractivity contribution is -0.142. The van der Waals surface area contributed by atoms with E-state index in [2.05, 4.69) is 15.5 Å². The number of nitrogens with one attached hydrogen (secondary N) is 1. The van der Waals surface area contributed by atoms with Gasteiger partial charge in [-0.1, -0.05) is 6.92 Å². The molecule has 2 rings (SSSR count). The highest BCUT2D eigenvalue weighted by Crippen LogP contribution is 2.18. The molecule has 2 aromatic rings. The van der Waals surface area contributed by atoms with Crippen LogP contribution < -0.4 is 5.32 Å². The summed E-state index contributed by atoms with van der Waals surface area (Å²) in [6.07, 6.45) is 0.256. The van der Waals surface area contributed by atoms with Gasteiger partial charge in [0.15, 0.2) is 0 Å².